The van der Waals surface area contributed by atoms with Gasteiger partial charge in [-0.1, -0.05) is 23.2 Å². The largest absolute Gasteiger partial charge is 0.326 e. The maximum Gasteiger partial charge on any atom is 0.211 e. The molecule has 0 spiro atoms. The summed E-state index contributed by atoms with van der Waals surface area (Å²) in [7, 11) is 0. The van der Waals surface area contributed by atoms with E-state index >= 15 is 0 Å². The standard InChI is InChI=1S/C7H3Cl2F2NO/c8-3-1-4(12-2-13)7(11)5(9)6(3)10/h1-2H,(H,12,13). The monoisotopic (exact) mass is 225 g/mol. The van der Waals surface area contributed by atoms with E-state index in [0.717, 1.165) is 6.07 Å². The van der Waals surface area contributed by atoms with Gasteiger partial charge in [0.05, 0.1) is 10.7 Å². The van der Waals surface area contributed by atoms with Crippen molar-refractivity contribution in [3.8, 4) is 0 Å². The second kappa shape index (κ2) is 3.89. The second-order valence-corrected chi connectivity index (χ2v) is 2.90. The van der Waals surface area contributed by atoms with Crippen LogP contribution in [0, 0.1) is 11.6 Å². The van der Waals surface area contributed by atoms with E-state index in [4.69, 9.17) is 23.2 Å². The Morgan fingerprint density at radius 2 is 1.92 bits per heavy atom. The van der Waals surface area contributed by atoms with E-state index in [9.17, 15) is 13.6 Å². The van der Waals surface area contributed by atoms with Crippen LogP contribution in [0.5, 0.6) is 0 Å². The van der Waals surface area contributed by atoms with Gasteiger partial charge in [-0.25, -0.2) is 8.78 Å². The van der Waals surface area contributed by atoms with E-state index in [-0.39, 0.29) is 17.1 Å². The summed E-state index contributed by atoms with van der Waals surface area (Å²) in [6, 6.07) is 0.937. The molecule has 6 heteroatoms. The Kier molecular flexibility index (Phi) is 3.06. The van der Waals surface area contributed by atoms with Gasteiger partial charge in [0, 0.05) is 0 Å². The molecule has 0 bridgehead atoms. The first-order valence-electron chi connectivity index (χ1n) is 3.11. The summed E-state index contributed by atoms with van der Waals surface area (Å²) in [5, 5.41) is 0.903. The van der Waals surface area contributed by atoms with E-state index in [1.165, 1.54) is 0 Å². The smallest absolute Gasteiger partial charge is 0.211 e. The molecule has 1 rings (SSSR count). The fourth-order valence-electron chi connectivity index (χ4n) is 0.741. The van der Waals surface area contributed by atoms with Gasteiger partial charge in [0.2, 0.25) is 6.41 Å². The molecule has 0 aromatic heterocycles. The number of rotatable bonds is 2. The van der Waals surface area contributed by atoms with E-state index in [2.05, 4.69) is 0 Å². The SMILES string of the molecule is O=CNc1cc(Cl)c(F)c(Cl)c1F. The first-order chi connectivity index (χ1) is 6.07. The maximum absolute atomic E-state index is 13.0. The number of nitrogens with one attached hydrogen (secondary N) is 1. The highest BCUT2D eigenvalue weighted by atomic mass is 35.5. The highest BCUT2D eigenvalue weighted by molar-refractivity contribution is 6.35. The van der Waals surface area contributed by atoms with E-state index in [1.807, 2.05) is 5.32 Å². The van der Waals surface area contributed by atoms with Gasteiger partial charge in [-0.05, 0) is 6.07 Å². The van der Waals surface area contributed by atoms with Crippen LogP contribution in [0.15, 0.2) is 6.07 Å². The number of carbonyl (C=O) groups is 1. The van der Waals surface area contributed by atoms with Gasteiger partial charge in [-0.3, -0.25) is 4.79 Å². The van der Waals surface area contributed by atoms with E-state index < -0.39 is 16.7 Å². The Morgan fingerprint density at radius 3 is 2.46 bits per heavy atom. The molecule has 0 saturated carbocycles. The Morgan fingerprint density at radius 1 is 1.31 bits per heavy atom. The fourth-order valence-corrected chi connectivity index (χ4v) is 1.20. The Bertz CT molecular complexity index is 357. The molecular weight excluding hydrogens is 223 g/mol. The summed E-state index contributed by atoms with van der Waals surface area (Å²) in [6.45, 7) is 0. The van der Waals surface area contributed by atoms with Crippen LogP contribution in [-0.4, -0.2) is 6.41 Å². The molecule has 13 heavy (non-hydrogen) atoms. The molecule has 1 aromatic carbocycles. The Balaban J connectivity index is 3.31. The zero-order chi connectivity index (χ0) is 10.0. The highest BCUT2D eigenvalue weighted by Crippen LogP contribution is 2.30. The molecule has 0 aliphatic rings. The molecule has 1 amide bonds. The van der Waals surface area contributed by atoms with Crippen molar-refractivity contribution >= 4 is 35.3 Å². The quantitative estimate of drug-likeness (QED) is 0.468. The highest BCUT2D eigenvalue weighted by Gasteiger charge is 2.15. The molecule has 0 aliphatic carbocycles. The predicted octanol–water partition coefficient (Wildman–Crippen LogP) is 2.84. The lowest BCUT2D eigenvalue weighted by atomic mass is 10.3. The van der Waals surface area contributed by atoms with Gasteiger partial charge in [-0.2, -0.15) is 0 Å². The van der Waals surface area contributed by atoms with Crippen LogP contribution in [-0.2, 0) is 4.79 Å². The minimum atomic E-state index is -1.05. The summed E-state index contributed by atoms with van der Waals surface area (Å²) in [6.07, 6.45) is 0.239. The van der Waals surface area contributed by atoms with Crippen molar-refractivity contribution in [3.05, 3.63) is 27.7 Å². The van der Waals surface area contributed by atoms with E-state index in [1.54, 1.807) is 0 Å². The summed E-state index contributed by atoms with van der Waals surface area (Å²) in [4.78, 5) is 9.98. The molecule has 0 atom stereocenters. The molecule has 0 unspecified atom stereocenters. The number of benzene rings is 1. The molecule has 0 aliphatic heterocycles. The molecule has 0 heterocycles. The number of carbonyl (C=O) groups excluding carboxylic acids is 1. The van der Waals surface area contributed by atoms with Crippen LogP contribution in [0.25, 0.3) is 0 Å². The third-order valence-electron chi connectivity index (χ3n) is 1.32. The number of anilines is 1. The number of hydrogen-bond donors (Lipinski definition) is 1. The molecule has 1 aromatic rings. The van der Waals surface area contributed by atoms with Crippen LogP contribution in [0.1, 0.15) is 0 Å². The van der Waals surface area contributed by atoms with Crippen LogP contribution in [0.2, 0.25) is 10.0 Å². The lowest BCUT2D eigenvalue weighted by molar-refractivity contribution is -0.105. The molecule has 70 valence electrons. The van der Waals surface area contributed by atoms with E-state index in [0.29, 0.717) is 0 Å². The van der Waals surface area contributed by atoms with Crippen molar-refractivity contribution in [1.82, 2.24) is 0 Å². The molecule has 0 saturated heterocycles. The Hall–Kier alpha value is -0.870. The summed E-state index contributed by atoms with van der Waals surface area (Å²) in [5.41, 5.74) is -0.258. The fraction of sp³-hybridized carbons (Fsp3) is 0. The summed E-state index contributed by atoms with van der Waals surface area (Å²) in [5.74, 6) is -2.09. The average molecular weight is 226 g/mol. The lowest BCUT2D eigenvalue weighted by Crippen LogP contribution is -1.99. The van der Waals surface area contributed by atoms with Gasteiger partial charge in [-0.15, -0.1) is 0 Å². The topological polar surface area (TPSA) is 29.1 Å². The van der Waals surface area contributed by atoms with Crippen molar-refractivity contribution in [2.45, 2.75) is 0 Å². The molecule has 0 radical (unpaired) electrons. The van der Waals surface area contributed by atoms with Gasteiger partial charge >= 0.3 is 0 Å². The van der Waals surface area contributed by atoms with Gasteiger partial charge in [0.15, 0.2) is 11.6 Å². The average Bonchev–Trinajstić information content (AvgIpc) is 2.11. The first kappa shape index (κ1) is 10.2. The number of hydrogen-bond acceptors (Lipinski definition) is 1. The third-order valence-corrected chi connectivity index (χ3v) is 1.92. The summed E-state index contributed by atoms with van der Waals surface area (Å²) >= 11 is 10.6. The molecule has 2 nitrogen and oxygen atoms in total. The van der Waals surface area contributed by atoms with Crippen molar-refractivity contribution in [3.63, 3.8) is 0 Å². The first-order valence-corrected chi connectivity index (χ1v) is 3.86. The van der Waals surface area contributed by atoms with Crippen molar-refractivity contribution < 1.29 is 13.6 Å². The number of amides is 1. The van der Waals surface area contributed by atoms with Crippen LogP contribution in [0.3, 0.4) is 0 Å². The van der Waals surface area contributed by atoms with Crippen LogP contribution in [0.4, 0.5) is 14.5 Å². The van der Waals surface area contributed by atoms with Crippen LogP contribution < -0.4 is 5.32 Å². The van der Waals surface area contributed by atoms with Gasteiger partial charge in [0.25, 0.3) is 0 Å². The third kappa shape index (κ3) is 1.89. The molecule has 0 fully saturated rings. The second-order valence-electron chi connectivity index (χ2n) is 2.11. The minimum Gasteiger partial charge on any atom is -0.326 e. The number of halogens is 4. The predicted molar refractivity (Wildman–Crippen MR) is 46.1 cm³/mol. The van der Waals surface area contributed by atoms with Crippen molar-refractivity contribution in [2.75, 3.05) is 5.32 Å². The normalized spacial score (nSPS) is 9.85. The maximum atomic E-state index is 13.0. The van der Waals surface area contributed by atoms with Crippen molar-refractivity contribution in [1.29, 1.82) is 0 Å². The van der Waals surface area contributed by atoms with Gasteiger partial charge < -0.3 is 5.32 Å². The van der Waals surface area contributed by atoms with Crippen LogP contribution >= 0.6 is 23.2 Å². The zero-order valence-electron chi connectivity index (χ0n) is 6.07. The van der Waals surface area contributed by atoms with Gasteiger partial charge in [0.1, 0.15) is 5.02 Å². The molecular formula is C7H3Cl2F2NO. The lowest BCUT2D eigenvalue weighted by Gasteiger charge is -2.04. The van der Waals surface area contributed by atoms with Crippen molar-refractivity contribution in [2.24, 2.45) is 0 Å². The summed E-state index contributed by atoms with van der Waals surface area (Å²) < 4.78 is 25.8. The molecule has 1 N–H and O–H groups in total. The minimum absolute atomic E-state index is 0.239. The zero-order valence-corrected chi connectivity index (χ0v) is 7.59. The Labute approximate surface area is 82.4 Å².